The molecule has 1 saturated heterocycles. The molecule has 3 rings (SSSR count). The molecule has 1 atom stereocenters. The van der Waals surface area contributed by atoms with Gasteiger partial charge in [-0.1, -0.05) is 35.3 Å². The van der Waals surface area contributed by atoms with E-state index in [-0.39, 0.29) is 31.2 Å². The van der Waals surface area contributed by atoms with E-state index in [9.17, 15) is 14.4 Å². The van der Waals surface area contributed by atoms with E-state index in [4.69, 9.17) is 27.9 Å². The lowest BCUT2D eigenvalue weighted by molar-refractivity contribution is -0.128. The molecule has 0 unspecified atom stereocenters. The first-order valence-corrected chi connectivity index (χ1v) is 9.62. The summed E-state index contributed by atoms with van der Waals surface area (Å²) in [5.74, 6) is 0.0271. The second-order valence-electron chi connectivity index (χ2n) is 6.52. The topological polar surface area (TPSA) is 87.7 Å². The summed E-state index contributed by atoms with van der Waals surface area (Å²) < 4.78 is 5.10. The summed E-state index contributed by atoms with van der Waals surface area (Å²) in [6, 6.07) is 10.6. The van der Waals surface area contributed by atoms with Crippen molar-refractivity contribution in [2.75, 3.05) is 12.4 Å². The average Bonchev–Trinajstić information content (AvgIpc) is 2.93. The van der Waals surface area contributed by atoms with Crippen molar-refractivity contribution >= 4 is 46.7 Å². The lowest BCUT2D eigenvalue weighted by atomic mass is 10.1. The molecule has 1 aliphatic heterocycles. The number of nitrogens with zero attached hydrogens (tertiary/aromatic N) is 1. The highest BCUT2D eigenvalue weighted by atomic mass is 35.5. The molecular formula is C20H19Cl2N3O4. The van der Waals surface area contributed by atoms with E-state index >= 15 is 0 Å². The van der Waals surface area contributed by atoms with Crippen LogP contribution in [0.3, 0.4) is 0 Å². The molecule has 0 saturated carbocycles. The van der Waals surface area contributed by atoms with Crippen molar-refractivity contribution in [2.24, 2.45) is 0 Å². The van der Waals surface area contributed by atoms with Gasteiger partial charge in [-0.2, -0.15) is 0 Å². The van der Waals surface area contributed by atoms with Crippen LogP contribution in [-0.2, 0) is 16.1 Å². The van der Waals surface area contributed by atoms with Crippen molar-refractivity contribution in [3.63, 3.8) is 0 Å². The quantitative estimate of drug-likeness (QED) is 0.646. The number of carbonyl (C=O) groups is 3. The van der Waals surface area contributed by atoms with Gasteiger partial charge in [0, 0.05) is 22.2 Å². The predicted molar refractivity (Wildman–Crippen MR) is 110 cm³/mol. The molecule has 0 aromatic heterocycles. The molecule has 1 heterocycles. The molecule has 1 fully saturated rings. The molecular weight excluding hydrogens is 417 g/mol. The Morgan fingerprint density at radius 2 is 1.79 bits per heavy atom. The molecule has 1 aliphatic rings. The molecule has 2 aromatic rings. The third-order valence-corrected chi connectivity index (χ3v) is 4.85. The SMILES string of the molecule is COc1ccc(CN2C(=O)N[C@@H](CCC(=O)Nc3cc(Cl)cc(Cl)c3)C2=O)cc1. The number of hydrogen-bond acceptors (Lipinski definition) is 4. The van der Waals surface area contributed by atoms with Crippen LogP contribution in [0, 0.1) is 0 Å². The first-order chi connectivity index (χ1) is 13.9. The van der Waals surface area contributed by atoms with Crippen LogP contribution in [-0.4, -0.2) is 35.9 Å². The van der Waals surface area contributed by atoms with E-state index in [1.165, 1.54) is 0 Å². The van der Waals surface area contributed by atoms with Crippen molar-refractivity contribution in [3.05, 3.63) is 58.1 Å². The minimum Gasteiger partial charge on any atom is -0.497 e. The Morgan fingerprint density at radius 3 is 2.41 bits per heavy atom. The molecule has 4 amide bonds. The highest BCUT2D eigenvalue weighted by Crippen LogP contribution is 2.23. The fraction of sp³-hybridized carbons (Fsp3) is 0.250. The summed E-state index contributed by atoms with van der Waals surface area (Å²) in [7, 11) is 1.56. The van der Waals surface area contributed by atoms with Gasteiger partial charge in [-0.05, 0) is 42.3 Å². The first kappa shape index (κ1) is 21.0. The fourth-order valence-corrected chi connectivity index (χ4v) is 3.49. The number of rotatable bonds is 7. The maximum absolute atomic E-state index is 12.6. The number of benzene rings is 2. The second-order valence-corrected chi connectivity index (χ2v) is 7.39. The summed E-state index contributed by atoms with van der Waals surface area (Å²) in [4.78, 5) is 38.0. The molecule has 0 spiro atoms. The van der Waals surface area contributed by atoms with Crippen molar-refractivity contribution in [3.8, 4) is 5.75 Å². The molecule has 7 nitrogen and oxygen atoms in total. The second kappa shape index (κ2) is 9.15. The van der Waals surface area contributed by atoms with Crippen LogP contribution in [0.4, 0.5) is 10.5 Å². The van der Waals surface area contributed by atoms with Crippen LogP contribution < -0.4 is 15.4 Å². The monoisotopic (exact) mass is 435 g/mol. The van der Waals surface area contributed by atoms with Gasteiger partial charge in [-0.15, -0.1) is 0 Å². The lowest BCUT2D eigenvalue weighted by Crippen LogP contribution is -2.31. The number of anilines is 1. The van der Waals surface area contributed by atoms with Gasteiger partial charge < -0.3 is 15.4 Å². The zero-order valence-electron chi connectivity index (χ0n) is 15.6. The Kier molecular flexibility index (Phi) is 6.61. The number of nitrogens with one attached hydrogen (secondary N) is 2. The number of carbonyl (C=O) groups excluding carboxylic acids is 3. The van der Waals surface area contributed by atoms with Gasteiger partial charge in [0.2, 0.25) is 5.91 Å². The van der Waals surface area contributed by atoms with Gasteiger partial charge in [-0.25, -0.2) is 4.79 Å². The summed E-state index contributed by atoms with van der Waals surface area (Å²) in [6.45, 7) is 0.151. The number of methoxy groups -OCH3 is 1. The Hall–Kier alpha value is -2.77. The maximum Gasteiger partial charge on any atom is 0.325 e. The minimum atomic E-state index is -0.741. The van der Waals surface area contributed by atoms with E-state index in [0.717, 1.165) is 10.5 Å². The number of ether oxygens (including phenoxy) is 1. The van der Waals surface area contributed by atoms with E-state index in [1.54, 1.807) is 49.6 Å². The van der Waals surface area contributed by atoms with Crippen LogP contribution in [0.25, 0.3) is 0 Å². The average molecular weight is 436 g/mol. The number of imide groups is 1. The van der Waals surface area contributed by atoms with Crippen molar-refractivity contribution < 1.29 is 19.1 Å². The Morgan fingerprint density at radius 1 is 1.14 bits per heavy atom. The van der Waals surface area contributed by atoms with Gasteiger partial charge in [0.1, 0.15) is 11.8 Å². The molecule has 0 radical (unpaired) electrons. The summed E-state index contributed by atoms with van der Waals surface area (Å²) in [5.41, 5.74) is 1.26. The Labute approximate surface area is 177 Å². The largest absolute Gasteiger partial charge is 0.497 e. The number of amides is 4. The van der Waals surface area contributed by atoms with Crippen LogP contribution in [0.15, 0.2) is 42.5 Å². The van der Waals surface area contributed by atoms with E-state index in [1.807, 2.05) is 0 Å². The summed E-state index contributed by atoms with van der Waals surface area (Å²) in [5, 5.41) is 6.11. The maximum atomic E-state index is 12.6. The number of urea groups is 1. The predicted octanol–water partition coefficient (Wildman–Crippen LogP) is 3.84. The number of halogens is 2. The van der Waals surface area contributed by atoms with E-state index in [2.05, 4.69) is 10.6 Å². The van der Waals surface area contributed by atoms with Gasteiger partial charge in [0.05, 0.1) is 13.7 Å². The molecule has 0 bridgehead atoms. The van der Waals surface area contributed by atoms with Gasteiger partial charge in [-0.3, -0.25) is 14.5 Å². The van der Waals surface area contributed by atoms with Crippen molar-refractivity contribution in [1.29, 1.82) is 0 Å². The van der Waals surface area contributed by atoms with Crippen LogP contribution in [0.2, 0.25) is 10.0 Å². The highest BCUT2D eigenvalue weighted by molar-refractivity contribution is 6.35. The molecule has 0 aliphatic carbocycles. The van der Waals surface area contributed by atoms with Crippen LogP contribution >= 0.6 is 23.2 Å². The third-order valence-electron chi connectivity index (χ3n) is 4.41. The summed E-state index contributed by atoms with van der Waals surface area (Å²) in [6.07, 6.45) is 0.237. The Bertz CT molecular complexity index is 914. The number of hydrogen-bond donors (Lipinski definition) is 2. The summed E-state index contributed by atoms with van der Waals surface area (Å²) >= 11 is 11.8. The highest BCUT2D eigenvalue weighted by Gasteiger charge is 2.37. The smallest absolute Gasteiger partial charge is 0.325 e. The van der Waals surface area contributed by atoms with E-state index < -0.39 is 12.1 Å². The van der Waals surface area contributed by atoms with Crippen LogP contribution in [0.1, 0.15) is 18.4 Å². The Balaban J connectivity index is 1.54. The van der Waals surface area contributed by atoms with Crippen molar-refractivity contribution in [2.45, 2.75) is 25.4 Å². The normalized spacial score (nSPS) is 16.0. The first-order valence-electron chi connectivity index (χ1n) is 8.86. The van der Waals surface area contributed by atoms with Gasteiger partial charge in [0.15, 0.2) is 0 Å². The van der Waals surface area contributed by atoms with E-state index in [0.29, 0.717) is 21.5 Å². The molecule has 29 heavy (non-hydrogen) atoms. The standard InChI is InChI=1S/C20H19Cl2N3O4/c1-29-16-4-2-12(3-5-16)11-25-19(27)17(24-20(25)28)6-7-18(26)23-15-9-13(21)8-14(22)10-15/h2-5,8-10,17H,6-7,11H2,1H3,(H,23,26)(H,24,28)/t17-/m0/s1. The lowest BCUT2D eigenvalue weighted by Gasteiger charge is -2.13. The van der Waals surface area contributed by atoms with Gasteiger partial charge >= 0.3 is 6.03 Å². The molecule has 152 valence electrons. The molecule has 9 heteroatoms. The molecule has 2 aromatic carbocycles. The fourth-order valence-electron chi connectivity index (χ4n) is 2.96. The van der Waals surface area contributed by atoms with Gasteiger partial charge in [0.25, 0.3) is 5.91 Å². The third kappa shape index (κ3) is 5.40. The molecule has 2 N–H and O–H groups in total. The zero-order valence-corrected chi connectivity index (χ0v) is 17.1. The van der Waals surface area contributed by atoms with Crippen LogP contribution in [0.5, 0.6) is 5.75 Å². The van der Waals surface area contributed by atoms with Crippen molar-refractivity contribution in [1.82, 2.24) is 10.2 Å². The zero-order chi connectivity index (χ0) is 21.0. The minimum absolute atomic E-state index is 0.0528.